The molecule has 2 aromatic rings. The first-order valence-corrected chi connectivity index (χ1v) is 6.16. The van der Waals surface area contributed by atoms with Gasteiger partial charge in [-0.2, -0.15) is 4.99 Å². The van der Waals surface area contributed by atoms with E-state index >= 15 is 0 Å². The van der Waals surface area contributed by atoms with Gasteiger partial charge in [-0.05, 0) is 24.0 Å². The van der Waals surface area contributed by atoms with Crippen molar-refractivity contribution >= 4 is 22.8 Å². The van der Waals surface area contributed by atoms with Crippen molar-refractivity contribution in [1.82, 2.24) is 9.97 Å². The largest absolute Gasteiger partial charge is 0.370 e. The number of aromatic nitrogens is 2. The standard InChI is InChI=1S/C14H19N5/c1-8-10-6-5-9(14(2,3)4)7-11(10)18-13(17-8)19-12(15)16/h5-7H,1-4H3,(H4,15,16,17,18,19). The molecule has 0 atom stereocenters. The molecule has 0 fully saturated rings. The second-order valence-electron chi connectivity index (χ2n) is 5.63. The Morgan fingerprint density at radius 1 is 1.16 bits per heavy atom. The Hall–Kier alpha value is -2.17. The summed E-state index contributed by atoms with van der Waals surface area (Å²) in [5.74, 6) is 0.266. The maximum Gasteiger partial charge on any atom is 0.253 e. The van der Waals surface area contributed by atoms with E-state index in [-0.39, 0.29) is 11.4 Å². The number of aryl methyl sites for hydroxylation is 1. The Labute approximate surface area is 112 Å². The van der Waals surface area contributed by atoms with Crippen molar-refractivity contribution in [2.45, 2.75) is 33.1 Å². The average molecular weight is 257 g/mol. The van der Waals surface area contributed by atoms with E-state index in [1.165, 1.54) is 5.56 Å². The molecule has 0 radical (unpaired) electrons. The lowest BCUT2D eigenvalue weighted by atomic mass is 9.86. The molecular weight excluding hydrogens is 238 g/mol. The van der Waals surface area contributed by atoms with Crippen LogP contribution in [0.4, 0.5) is 5.95 Å². The zero-order chi connectivity index (χ0) is 14.2. The molecule has 100 valence electrons. The molecule has 4 N–H and O–H groups in total. The fraction of sp³-hybridized carbons (Fsp3) is 0.357. The topological polar surface area (TPSA) is 90.2 Å². The van der Waals surface area contributed by atoms with E-state index < -0.39 is 0 Å². The fourth-order valence-electron chi connectivity index (χ4n) is 1.91. The number of benzene rings is 1. The number of fused-ring (bicyclic) bond motifs is 1. The molecule has 0 spiro atoms. The van der Waals surface area contributed by atoms with Crippen LogP contribution in [0.5, 0.6) is 0 Å². The van der Waals surface area contributed by atoms with E-state index in [1.54, 1.807) is 0 Å². The Morgan fingerprint density at radius 3 is 2.42 bits per heavy atom. The third-order valence-electron chi connectivity index (χ3n) is 2.97. The number of nitrogens with two attached hydrogens (primary N) is 2. The summed E-state index contributed by atoms with van der Waals surface area (Å²) in [5, 5.41) is 1.02. The summed E-state index contributed by atoms with van der Waals surface area (Å²) < 4.78 is 0. The van der Waals surface area contributed by atoms with Crippen molar-refractivity contribution < 1.29 is 0 Å². The zero-order valence-corrected chi connectivity index (χ0v) is 11.7. The highest BCUT2D eigenvalue weighted by Crippen LogP contribution is 2.27. The molecule has 0 saturated carbocycles. The number of rotatable bonds is 1. The quantitative estimate of drug-likeness (QED) is 0.605. The molecule has 0 saturated heterocycles. The molecular formula is C14H19N5. The summed E-state index contributed by atoms with van der Waals surface area (Å²) in [6, 6.07) is 6.22. The summed E-state index contributed by atoms with van der Waals surface area (Å²) in [6.45, 7) is 8.42. The molecule has 0 bridgehead atoms. The summed E-state index contributed by atoms with van der Waals surface area (Å²) in [6.07, 6.45) is 0. The van der Waals surface area contributed by atoms with Gasteiger partial charge in [-0.3, -0.25) is 0 Å². The zero-order valence-electron chi connectivity index (χ0n) is 11.7. The van der Waals surface area contributed by atoms with Crippen LogP contribution < -0.4 is 11.5 Å². The third-order valence-corrected chi connectivity index (χ3v) is 2.97. The van der Waals surface area contributed by atoms with Crippen molar-refractivity contribution in [3.8, 4) is 0 Å². The smallest absolute Gasteiger partial charge is 0.253 e. The van der Waals surface area contributed by atoms with Crippen LogP contribution in [-0.2, 0) is 5.41 Å². The van der Waals surface area contributed by atoms with Gasteiger partial charge in [0.1, 0.15) is 0 Å². The van der Waals surface area contributed by atoms with Crippen LogP contribution in [0.25, 0.3) is 10.9 Å². The first kappa shape index (κ1) is 13.3. The predicted octanol–water partition coefficient (Wildman–Crippen LogP) is 2.14. The van der Waals surface area contributed by atoms with E-state index in [4.69, 9.17) is 11.5 Å². The molecule has 0 aliphatic carbocycles. The van der Waals surface area contributed by atoms with Crippen molar-refractivity contribution in [2.75, 3.05) is 0 Å². The molecule has 19 heavy (non-hydrogen) atoms. The van der Waals surface area contributed by atoms with E-state index in [9.17, 15) is 0 Å². The van der Waals surface area contributed by atoms with Crippen molar-refractivity contribution in [3.05, 3.63) is 29.5 Å². The van der Waals surface area contributed by atoms with Crippen LogP contribution in [0, 0.1) is 6.92 Å². The molecule has 1 heterocycles. The summed E-state index contributed by atoms with van der Waals surface area (Å²) in [5.41, 5.74) is 13.7. The number of guanidine groups is 1. The Morgan fingerprint density at radius 2 is 1.84 bits per heavy atom. The van der Waals surface area contributed by atoms with E-state index in [1.807, 2.05) is 13.0 Å². The van der Waals surface area contributed by atoms with Gasteiger partial charge in [0.25, 0.3) is 5.95 Å². The first-order chi connectivity index (χ1) is 8.77. The van der Waals surface area contributed by atoms with Gasteiger partial charge in [0, 0.05) is 5.39 Å². The normalized spacial score (nSPS) is 11.6. The van der Waals surface area contributed by atoms with E-state index in [0.29, 0.717) is 5.95 Å². The van der Waals surface area contributed by atoms with Crippen LogP contribution in [-0.4, -0.2) is 15.9 Å². The highest BCUT2D eigenvalue weighted by Gasteiger charge is 2.15. The average Bonchev–Trinajstić information content (AvgIpc) is 2.26. The molecule has 5 heteroatoms. The van der Waals surface area contributed by atoms with Gasteiger partial charge in [-0.25, -0.2) is 9.97 Å². The van der Waals surface area contributed by atoms with Gasteiger partial charge in [-0.1, -0.05) is 32.9 Å². The summed E-state index contributed by atoms with van der Waals surface area (Å²) in [4.78, 5) is 12.6. The minimum absolute atomic E-state index is 0.0364. The maximum absolute atomic E-state index is 5.37. The number of hydrogen-bond donors (Lipinski definition) is 2. The van der Waals surface area contributed by atoms with Crippen LogP contribution in [0.15, 0.2) is 23.2 Å². The van der Waals surface area contributed by atoms with E-state index in [0.717, 1.165) is 16.6 Å². The summed E-state index contributed by atoms with van der Waals surface area (Å²) >= 11 is 0. The number of hydrogen-bond acceptors (Lipinski definition) is 3. The fourth-order valence-corrected chi connectivity index (χ4v) is 1.91. The monoisotopic (exact) mass is 257 g/mol. The van der Waals surface area contributed by atoms with Gasteiger partial charge >= 0.3 is 0 Å². The van der Waals surface area contributed by atoms with Crippen LogP contribution in [0.2, 0.25) is 0 Å². The molecule has 0 amide bonds. The molecule has 0 aliphatic rings. The number of aliphatic imine (C=N–C) groups is 1. The first-order valence-electron chi connectivity index (χ1n) is 6.16. The van der Waals surface area contributed by atoms with Crippen molar-refractivity contribution in [2.24, 2.45) is 16.5 Å². The predicted molar refractivity (Wildman–Crippen MR) is 78.4 cm³/mol. The van der Waals surface area contributed by atoms with Gasteiger partial charge < -0.3 is 11.5 Å². The third kappa shape index (κ3) is 2.81. The molecule has 0 unspecified atom stereocenters. The van der Waals surface area contributed by atoms with Gasteiger partial charge in [0.2, 0.25) is 0 Å². The van der Waals surface area contributed by atoms with E-state index in [2.05, 4.69) is 47.9 Å². The highest BCUT2D eigenvalue weighted by atomic mass is 15.1. The SMILES string of the molecule is Cc1nc(N=C(N)N)nc2cc(C(C)(C)C)ccc12. The maximum atomic E-state index is 5.37. The van der Waals surface area contributed by atoms with Gasteiger partial charge in [0.05, 0.1) is 11.2 Å². The van der Waals surface area contributed by atoms with Gasteiger partial charge in [-0.15, -0.1) is 0 Å². The lowest BCUT2D eigenvalue weighted by Crippen LogP contribution is -2.22. The molecule has 2 rings (SSSR count). The van der Waals surface area contributed by atoms with Gasteiger partial charge in [0.15, 0.2) is 5.96 Å². The molecule has 5 nitrogen and oxygen atoms in total. The second kappa shape index (κ2) is 4.50. The Bertz CT molecular complexity index is 649. The number of nitrogens with zero attached hydrogens (tertiary/aromatic N) is 3. The minimum atomic E-state index is -0.0364. The molecule has 1 aromatic carbocycles. The second-order valence-corrected chi connectivity index (χ2v) is 5.63. The Kier molecular flexibility index (Phi) is 3.14. The molecule has 1 aromatic heterocycles. The minimum Gasteiger partial charge on any atom is -0.370 e. The van der Waals surface area contributed by atoms with Crippen molar-refractivity contribution in [3.63, 3.8) is 0 Å². The molecule has 0 aliphatic heterocycles. The van der Waals surface area contributed by atoms with Crippen molar-refractivity contribution in [1.29, 1.82) is 0 Å². The summed E-state index contributed by atoms with van der Waals surface area (Å²) in [7, 11) is 0. The van der Waals surface area contributed by atoms with Crippen LogP contribution in [0.1, 0.15) is 32.0 Å². The van der Waals surface area contributed by atoms with Crippen LogP contribution in [0.3, 0.4) is 0 Å². The van der Waals surface area contributed by atoms with Crippen LogP contribution >= 0.6 is 0 Å². The Balaban J connectivity index is 2.67. The lowest BCUT2D eigenvalue weighted by Gasteiger charge is -2.19. The highest BCUT2D eigenvalue weighted by molar-refractivity contribution is 5.83. The lowest BCUT2D eigenvalue weighted by molar-refractivity contribution is 0.591.